The number of alkyl carbamates (subject to hydrolysis) is 1. The van der Waals surface area contributed by atoms with Crippen molar-refractivity contribution in [2.75, 3.05) is 7.11 Å². The SMILES string of the molecule is COC(=O)[C@]1(NC(=O)OC(C)(C)C)CC[C@H](N/C(=C(\C=N)C(=O)O)C(F)(F)F)CC1. The van der Waals surface area contributed by atoms with E-state index in [1.54, 1.807) is 20.8 Å². The van der Waals surface area contributed by atoms with Crippen LogP contribution in [0.1, 0.15) is 46.5 Å². The van der Waals surface area contributed by atoms with Crippen LogP contribution in [0.15, 0.2) is 11.3 Å². The fraction of sp³-hybridized carbons (Fsp3) is 0.667. The molecule has 1 aliphatic carbocycles. The number of carbonyl (C=O) groups excluding carboxylic acids is 2. The molecule has 30 heavy (non-hydrogen) atoms. The molecule has 1 fully saturated rings. The highest BCUT2D eigenvalue weighted by atomic mass is 19.4. The minimum absolute atomic E-state index is 0.00459. The van der Waals surface area contributed by atoms with Gasteiger partial charge in [0.2, 0.25) is 0 Å². The lowest BCUT2D eigenvalue weighted by molar-refractivity contribution is -0.150. The highest BCUT2D eigenvalue weighted by Crippen LogP contribution is 2.33. The van der Waals surface area contributed by atoms with E-state index in [4.69, 9.17) is 20.0 Å². The number of rotatable bonds is 6. The Bertz CT molecular complexity index is 720. The first-order chi connectivity index (χ1) is 13.6. The molecular formula is C18H26F3N3O6. The second kappa shape index (κ2) is 9.35. The number of methoxy groups -OCH3 is 1. The molecule has 4 N–H and O–H groups in total. The third kappa shape index (κ3) is 6.63. The van der Waals surface area contributed by atoms with Crippen molar-refractivity contribution in [1.82, 2.24) is 10.6 Å². The molecule has 0 saturated heterocycles. The normalized spacial score (nSPS) is 23.0. The molecule has 0 unspecified atom stereocenters. The van der Waals surface area contributed by atoms with E-state index in [9.17, 15) is 27.6 Å². The van der Waals surface area contributed by atoms with E-state index in [2.05, 4.69) is 10.6 Å². The Labute approximate surface area is 171 Å². The van der Waals surface area contributed by atoms with Crippen LogP contribution in [0.4, 0.5) is 18.0 Å². The summed E-state index contributed by atoms with van der Waals surface area (Å²) in [4.78, 5) is 35.5. The summed E-state index contributed by atoms with van der Waals surface area (Å²) in [5.74, 6) is -2.65. The third-order valence-corrected chi connectivity index (χ3v) is 4.43. The monoisotopic (exact) mass is 437 g/mol. The first-order valence-corrected chi connectivity index (χ1v) is 9.06. The summed E-state index contributed by atoms with van der Waals surface area (Å²) in [6.07, 6.45) is -5.90. The zero-order chi connectivity index (χ0) is 23.3. The van der Waals surface area contributed by atoms with Gasteiger partial charge in [0.05, 0.1) is 7.11 Å². The van der Waals surface area contributed by atoms with Crippen molar-refractivity contribution in [3.05, 3.63) is 11.3 Å². The Kier molecular flexibility index (Phi) is 7.87. The minimum Gasteiger partial charge on any atom is -0.478 e. The van der Waals surface area contributed by atoms with Crippen LogP contribution >= 0.6 is 0 Å². The van der Waals surface area contributed by atoms with E-state index in [0.717, 1.165) is 7.11 Å². The van der Waals surface area contributed by atoms with Crippen LogP contribution in [-0.2, 0) is 19.1 Å². The summed E-state index contributed by atoms with van der Waals surface area (Å²) in [6.45, 7) is 4.89. The highest BCUT2D eigenvalue weighted by molar-refractivity contribution is 6.08. The zero-order valence-electron chi connectivity index (χ0n) is 17.1. The van der Waals surface area contributed by atoms with Gasteiger partial charge >= 0.3 is 24.2 Å². The van der Waals surface area contributed by atoms with Gasteiger partial charge in [0, 0.05) is 12.3 Å². The molecule has 0 bridgehead atoms. The van der Waals surface area contributed by atoms with Gasteiger partial charge in [0.25, 0.3) is 0 Å². The first-order valence-electron chi connectivity index (χ1n) is 9.06. The van der Waals surface area contributed by atoms with Crippen LogP contribution in [0.25, 0.3) is 0 Å². The summed E-state index contributed by atoms with van der Waals surface area (Å²) in [7, 11) is 1.12. The topological polar surface area (TPSA) is 138 Å². The molecule has 12 heteroatoms. The molecule has 0 radical (unpaired) electrons. The van der Waals surface area contributed by atoms with Gasteiger partial charge < -0.3 is 30.6 Å². The lowest BCUT2D eigenvalue weighted by Gasteiger charge is -2.39. The summed E-state index contributed by atoms with van der Waals surface area (Å²) in [6, 6.07) is -0.839. The zero-order valence-corrected chi connectivity index (χ0v) is 17.1. The molecular weight excluding hydrogens is 411 g/mol. The van der Waals surface area contributed by atoms with Crippen LogP contribution in [-0.4, -0.2) is 59.8 Å². The molecule has 0 heterocycles. The number of alkyl halides is 3. The van der Waals surface area contributed by atoms with E-state index in [-0.39, 0.29) is 31.9 Å². The lowest BCUT2D eigenvalue weighted by atomic mass is 9.79. The molecule has 1 saturated carbocycles. The van der Waals surface area contributed by atoms with Gasteiger partial charge in [0.15, 0.2) is 0 Å². The Balaban J connectivity index is 3.02. The minimum atomic E-state index is -5.02. The number of carbonyl (C=O) groups is 3. The molecule has 170 valence electrons. The number of halogens is 3. The van der Waals surface area contributed by atoms with Crippen LogP contribution in [0.5, 0.6) is 0 Å². The smallest absolute Gasteiger partial charge is 0.431 e. The van der Waals surface area contributed by atoms with Crippen LogP contribution in [0.3, 0.4) is 0 Å². The van der Waals surface area contributed by atoms with Gasteiger partial charge in [-0.2, -0.15) is 13.2 Å². The van der Waals surface area contributed by atoms with E-state index < -0.39 is 52.7 Å². The molecule has 0 aromatic rings. The van der Waals surface area contributed by atoms with E-state index >= 15 is 0 Å². The van der Waals surface area contributed by atoms with Crippen molar-refractivity contribution >= 4 is 24.2 Å². The molecule has 0 aliphatic heterocycles. The van der Waals surface area contributed by atoms with Gasteiger partial charge in [-0.25, -0.2) is 14.4 Å². The summed E-state index contributed by atoms with van der Waals surface area (Å²) in [5.41, 5.74) is -5.07. The van der Waals surface area contributed by atoms with E-state index in [0.29, 0.717) is 0 Å². The predicted octanol–water partition coefficient (Wildman–Crippen LogP) is 2.51. The number of hydrogen-bond acceptors (Lipinski definition) is 7. The Hall–Kier alpha value is -2.79. The number of carboxylic acid groups (broad SMARTS) is 1. The highest BCUT2D eigenvalue weighted by Gasteiger charge is 2.46. The van der Waals surface area contributed by atoms with Crippen molar-refractivity contribution in [2.24, 2.45) is 0 Å². The van der Waals surface area contributed by atoms with Gasteiger partial charge in [0.1, 0.15) is 22.4 Å². The standard InChI is InChI=1S/C18H26F3N3O6/c1-16(2,3)30-15(28)24-17(14(27)29-4)7-5-10(6-8-17)23-12(18(19,20)21)11(9-22)13(25)26/h9-10,22-23H,5-8H2,1-4H3,(H,24,28)(H,25,26)/b12-11+,22-9?/t10-,17-. The lowest BCUT2D eigenvalue weighted by Crippen LogP contribution is -2.59. The second-order valence-corrected chi connectivity index (χ2v) is 7.86. The van der Waals surface area contributed by atoms with Gasteiger partial charge in [-0.05, 0) is 46.5 Å². The van der Waals surface area contributed by atoms with E-state index in [1.807, 2.05) is 0 Å². The number of ether oxygens (including phenoxy) is 2. The molecule has 0 aromatic heterocycles. The number of aliphatic carboxylic acids is 1. The first kappa shape index (κ1) is 25.2. The second-order valence-electron chi connectivity index (χ2n) is 7.86. The van der Waals surface area contributed by atoms with Gasteiger partial charge in [-0.3, -0.25) is 0 Å². The average molecular weight is 437 g/mol. The Morgan fingerprint density at radius 3 is 2.07 bits per heavy atom. The quantitative estimate of drug-likeness (QED) is 0.285. The van der Waals surface area contributed by atoms with Crippen molar-refractivity contribution in [3.63, 3.8) is 0 Å². The molecule has 0 spiro atoms. The van der Waals surface area contributed by atoms with Gasteiger partial charge in [-0.15, -0.1) is 0 Å². The summed E-state index contributed by atoms with van der Waals surface area (Å²) in [5, 5.41) is 20.5. The molecule has 0 atom stereocenters. The predicted molar refractivity (Wildman–Crippen MR) is 99.0 cm³/mol. The summed E-state index contributed by atoms with van der Waals surface area (Å²) < 4.78 is 49.8. The Morgan fingerprint density at radius 2 is 1.70 bits per heavy atom. The van der Waals surface area contributed by atoms with E-state index in [1.165, 1.54) is 0 Å². The van der Waals surface area contributed by atoms with Gasteiger partial charge in [-0.1, -0.05) is 0 Å². The molecule has 1 aliphatic rings. The number of amides is 1. The maximum absolute atomic E-state index is 13.3. The number of esters is 1. The summed E-state index contributed by atoms with van der Waals surface area (Å²) >= 11 is 0. The van der Waals surface area contributed by atoms with Crippen molar-refractivity contribution in [1.29, 1.82) is 5.41 Å². The van der Waals surface area contributed by atoms with Crippen LogP contribution < -0.4 is 10.6 Å². The maximum Gasteiger partial charge on any atom is 0.431 e. The Morgan fingerprint density at radius 1 is 1.17 bits per heavy atom. The number of nitrogens with one attached hydrogen (secondary N) is 3. The van der Waals surface area contributed by atoms with Crippen molar-refractivity contribution in [3.8, 4) is 0 Å². The maximum atomic E-state index is 13.3. The molecule has 1 amide bonds. The van der Waals surface area contributed by atoms with Crippen LogP contribution in [0, 0.1) is 5.41 Å². The molecule has 1 rings (SSSR count). The molecule has 0 aromatic carbocycles. The fourth-order valence-corrected chi connectivity index (χ4v) is 3.09. The molecule has 9 nitrogen and oxygen atoms in total. The van der Waals surface area contributed by atoms with Crippen molar-refractivity contribution in [2.45, 2.75) is 69.8 Å². The number of carboxylic acids is 1. The third-order valence-electron chi connectivity index (χ3n) is 4.43. The van der Waals surface area contributed by atoms with Crippen molar-refractivity contribution < 1.29 is 42.1 Å². The van der Waals surface area contributed by atoms with Crippen LogP contribution in [0.2, 0.25) is 0 Å². The number of allylic oxidation sites excluding steroid dienone is 1. The largest absolute Gasteiger partial charge is 0.478 e. The average Bonchev–Trinajstić information content (AvgIpc) is 2.59. The fourth-order valence-electron chi connectivity index (χ4n) is 3.09. The number of hydrogen-bond donors (Lipinski definition) is 4.